The summed E-state index contributed by atoms with van der Waals surface area (Å²) in [5.41, 5.74) is 1.95. The van der Waals surface area contributed by atoms with Crippen molar-refractivity contribution in [3.05, 3.63) is 35.4 Å². The van der Waals surface area contributed by atoms with Gasteiger partial charge in [0.25, 0.3) is 0 Å². The zero-order valence-electron chi connectivity index (χ0n) is 11.5. The highest BCUT2D eigenvalue weighted by atomic mass is 19.4. The molecule has 1 aliphatic rings. The molecular formula is C15H20F3NO. The van der Waals surface area contributed by atoms with Gasteiger partial charge in [0.05, 0.1) is 6.61 Å². The quantitative estimate of drug-likeness (QED) is 0.829. The first kappa shape index (κ1) is 15.3. The molecule has 0 aromatic heterocycles. The van der Waals surface area contributed by atoms with Crippen LogP contribution in [-0.4, -0.2) is 24.9 Å². The Bertz CT molecular complexity index is 412. The minimum Gasteiger partial charge on any atom is -0.364 e. The molecule has 2 nitrogen and oxygen atoms in total. The van der Waals surface area contributed by atoms with Gasteiger partial charge in [0.1, 0.15) is 0 Å². The predicted molar refractivity (Wildman–Crippen MR) is 71.5 cm³/mol. The SMILES string of the molecule is CC(OCc1ccc(CCNC2CC2)cc1)C(F)(F)F. The van der Waals surface area contributed by atoms with Gasteiger partial charge in [-0.3, -0.25) is 0 Å². The van der Waals surface area contributed by atoms with Crippen molar-refractivity contribution in [1.82, 2.24) is 5.32 Å². The number of nitrogens with one attached hydrogen (secondary N) is 1. The first-order chi connectivity index (χ1) is 9.45. The Balaban J connectivity index is 1.72. The third kappa shape index (κ3) is 5.13. The fourth-order valence-electron chi connectivity index (χ4n) is 1.83. The van der Waals surface area contributed by atoms with Crippen molar-refractivity contribution in [3.8, 4) is 0 Å². The third-order valence-corrected chi connectivity index (χ3v) is 3.41. The molecule has 1 saturated carbocycles. The summed E-state index contributed by atoms with van der Waals surface area (Å²) in [7, 11) is 0. The molecule has 0 amide bonds. The molecule has 1 atom stereocenters. The second kappa shape index (κ2) is 6.59. The van der Waals surface area contributed by atoms with E-state index in [1.165, 1.54) is 18.4 Å². The van der Waals surface area contributed by atoms with Crippen LogP contribution in [0.25, 0.3) is 0 Å². The van der Waals surface area contributed by atoms with Crippen LogP contribution in [0.1, 0.15) is 30.9 Å². The Kier molecular flexibility index (Phi) is 5.05. The molecular weight excluding hydrogens is 267 g/mol. The van der Waals surface area contributed by atoms with Crippen molar-refractivity contribution in [2.75, 3.05) is 6.54 Å². The normalized spacial score (nSPS) is 17.2. The van der Waals surface area contributed by atoms with Crippen LogP contribution in [0, 0.1) is 0 Å². The van der Waals surface area contributed by atoms with E-state index in [1.54, 1.807) is 0 Å². The maximum atomic E-state index is 12.3. The largest absolute Gasteiger partial charge is 0.414 e. The van der Waals surface area contributed by atoms with Crippen molar-refractivity contribution in [2.24, 2.45) is 0 Å². The standard InChI is InChI=1S/C15H20F3NO/c1-11(15(16,17)18)20-10-13-4-2-12(3-5-13)8-9-19-14-6-7-14/h2-5,11,14,19H,6-10H2,1H3. The summed E-state index contributed by atoms with van der Waals surface area (Å²) >= 11 is 0. The predicted octanol–water partition coefficient (Wildman–Crippen LogP) is 3.45. The van der Waals surface area contributed by atoms with Gasteiger partial charge in [-0.25, -0.2) is 0 Å². The van der Waals surface area contributed by atoms with E-state index in [1.807, 2.05) is 24.3 Å². The summed E-state index contributed by atoms with van der Waals surface area (Å²) in [5.74, 6) is 0. The maximum Gasteiger partial charge on any atom is 0.414 e. The molecule has 0 bridgehead atoms. The van der Waals surface area contributed by atoms with Crippen LogP contribution in [0.4, 0.5) is 13.2 Å². The van der Waals surface area contributed by atoms with Crippen LogP contribution >= 0.6 is 0 Å². The Morgan fingerprint density at radius 2 is 1.80 bits per heavy atom. The summed E-state index contributed by atoms with van der Waals surface area (Å²) in [6.07, 6.45) is -2.54. The molecule has 1 aromatic carbocycles. The van der Waals surface area contributed by atoms with Gasteiger partial charge in [-0.2, -0.15) is 13.2 Å². The Hall–Kier alpha value is -1.07. The molecule has 1 N–H and O–H groups in total. The fraction of sp³-hybridized carbons (Fsp3) is 0.600. The summed E-state index contributed by atoms with van der Waals surface area (Å²) in [5, 5.41) is 3.43. The van der Waals surface area contributed by atoms with E-state index in [2.05, 4.69) is 5.32 Å². The van der Waals surface area contributed by atoms with E-state index in [4.69, 9.17) is 4.74 Å². The van der Waals surface area contributed by atoms with E-state index in [9.17, 15) is 13.2 Å². The highest BCUT2D eigenvalue weighted by Crippen LogP contribution is 2.23. The maximum absolute atomic E-state index is 12.3. The van der Waals surface area contributed by atoms with Crippen LogP contribution in [0.5, 0.6) is 0 Å². The molecule has 0 radical (unpaired) electrons. The number of hydrogen-bond donors (Lipinski definition) is 1. The van der Waals surface area contributed by atoms with Gasteiger partial charge in [-0.15, -0.1) is 0 Å². The number of halogens is 3. The Morgan fingerprint density at radius 3 is 2.35 bits per heavy atom. The van der Waals surface area contributed by atoms with Crippen LogP contribution in [0.3, 0.4) is 0 Å². The zero-order chi connectivity index (χ0) is 14.6. The van der Waals surface area contributed by atoms with Crippen LogP contribution < -0.4 is 5.32 Å². The Morgan fingerprint density at radius 1 is 1.20 bits per heavy atom. The third-order valence-electron chi connectivity index (χ3n) is 3.41. The van der Waals surface area contributed by atoms with Gasteiger partial charge in [0.15, 0.2) is 6.10 Å². The van der Waals surface area contributed by atoms with E-state index >= 15 is 0 Å². The van der Waals surface area contributed by atoms with Crippen LogP contribution in [-0.2, 0) is 17.8 Å². The minimum atomic E-state index is -4.30. The first-order valence-corrected chi connectivity index (χ1v) is 6.94. The number of alkyl halides is 3. The first-order valence-electron chi connectivity index (χ1n) is 6.94. The zero-order valence-corrected chi connectivity index (χ0v) is 11.5. The lowest BCUT2D eigenvalue weighted by molar-refractivity contribution is -0.217. The van der Waals surface area contributed by atoms with E-state index in [0.717, 1.165) is 25.5 Å². The van der Waals surface area contributed by atoms with Crippen molar-refractivity contribution >= 4 is 0 Å². The second-order valence-electron chi connectivity index (χ2n) is 5.29. The van der Waals surface area contributed by atoms with Gasteiger partial charge in [-0.05, 0) is 43.9 Å². The minimum absolute atomic E-state index is 0.0126. The van der Waals surface area contributed by atoms with Crippen molar-refractivity contribution in [2.45, 2.75) is 51.1 Å². The molecule has 5 heteroatoms. The van der Waals surface area contributed by atoms with E-state index in [-0.39, 0.29) is 6.61 Å². The molecule has 112 valence electrons. The molecule has 20 heavy (non-hydrogen) atoms. The van der Waals surface area contributed by atoms with Crippen LogP contribution in [0.15, 0.2) is 24.3 Å². The molecule has 1 unspecified atom stereocenters. The summed E-state index contributed by atoms with van der Waals surface area (Å²) in [6.45, 7) is 1.96. The molecule has 0 spiro atoms. The van der Waals surface area contributed by atoms with Gasteiger partial charge in [0.2, 0.25) is 0 Å². The van der Waals surface area contributed by atoms with Crippen LogP contribution in [0.2, 0.25) is 0 Å². The van der Waals surface area contributed by atoms with Crippen molar-refractivity contribution < 1.29 is 17.9 Å². The summed E-state index contributed by atoms with van der Waals surface area (Å²) in [4.78, 5) is 0. The average Bonchev–Trinajstić information content (AvgIpc) is 3.20. The molecule has 0 saturated heterocycles. The monoisotopic (exact) mass is 287 g/mol. The van der Waals surface area contributed by atoms with Gasteiger partial charge in [0, 0.05) is 6.04 Å². The highest BCUT2D eigenvalue weighted by Gasteiger charge is 2.36. The summed E-state index contributed by atoms with van der Waals surface area (Å²) < 4.78 is 41.7. The summed E-state index contributed by atoms with van der Waals surface area (Å²) in [6, 6.07) is 8.26. The molecule has 1 fully saturated rings. The highest BCUT2D eigenvalue weighted by molar-refractivity contribution is 5.22. The molecule has 0 aliphatic heterocycles. The smallest absolute Gasteiger partial charge is 0.364 e. The molecule has 0 heterocycles. The number of ether oxygens (including phenoxy) is 1. The van der Waals surface area contributed by atoms with E-state index in [0.29, 0.717) is 6.04 Å². The lowest BCUT2D eigenvalue weighted by atomic mass is 10.1. The molecule has 2 rings (SSSR count). The van der Waals surface area contributed by atoms with Crippen molar-refractivity contribution in [3.63, 3.8) is 0 Å². The van der Waals surface area contributed by atoms with E-state index < -0.39 is 12.3 Å². The number of hydrogen-bond acceptors (Lipinski definition) is 2. The fourth-order valence-corrected chi connectivity index (χ4v) is 1.83. The average molecular weight is 287 g/mol. The molecule has 1 aliphatic carbocycles. The molecule has 1 aromatic rings. The lowest BCUT2D eigenvalue weighted by Crippen LogP contribution is -2.28. The van der Waals surface area contributed by atoms with Gasteiger partial charge in [-0.1, -0.05) is 24.3 Å². The van der Waals surface area contributed by atoms with Crippen molar-refractivity contribution in [1.29, 1.82) is 0 Å². The number of benzene rings is 1. The lowest BCUT2D eigenvalue weighted by Gasteiger charge is -2.16. The van der Waals surface area contributed by atoms with Gasteiger partial charge < -0.3 is 10.1 Å². The second-order valence-corrected chi connectivity index (χ2v) is 5.29. The topological polar surface area (TPSA) is 21.3 Å². The van der Waals surface area contributed by atoms with Gasteiger partial charge >= 0.3 is 6.18 Å². The Labute approximate surface area is 117 Å². The number of rotatable bonds is 7.